The Balaban J connectivity index is 1.35. The van der Waals surface area contributed by atoms with Crippen LogP contribution in [-0.2, 0) is 22.5 Å². The van der Waals surface area contributed by atoms with E-state index < -0.39 is 23.9 Å². The average molecular weight is 682 g/mol. The third kappa shape index (κ3) is 6.73. The zero-order valence-corrected chi connectivity index (χ0v) is 28.6. The monoisotopic (exact) mass is 681 g/mol. The third-order valence-corrected chi connectivity index (χ3v) is 10.2. The molecule has 3 aromatic rings. The van der Waals surface area contributed by atoms with Crippen molar-refractivity contribution in [2.75, 3.05) is 70.3 Å². The van der Waals surface area contributed by atoms with Gasteiger partial charge in [0.15, 0.2) is 6.17 Å². The summed E-state index contributed by atoms with van der Waals surface area (Å²) in [5.41, 5.74) is 2.45. The van der Waals surface area contributed by atoms with Crippen molar-refractivity contribution in [3.8, 4) is 12.1 Å². The predicted molar refractivity (Wildman–Crippen MR) is 181 cm³/mol. The molecule has 48 heavy (non-hydrogen) atoms. The number of carbonyl (C=O) groups excluding carboxylic acids is 1. The molecule has 0 bridgehead atoms. The van der Waals surface area contributed by atoms with Crippen molar-refractivity contribution < 1.29 is 23.0 Å². The van der Waals surface area contributed by atoms with Gasteiger partial charge >= 0.3 is 6.01 Å². The van der Waals surface area contributed by atoms with E-state index in [1.165, 1.54) is 17.9 Å². The SMILES string of the molecule is COC1CC(COc2nc3c(c(N4CCN(C(=O)C(C)F)[C@@H](CC#N)C4)n2)CCN(c2cccc4ccc(F)c(Cl)c24)C3)(CN(C)C)C1. The van der Waals surface area contributed by atoms with Crippen LogP contribution in [0.5, 0.6) is 6.01 Å². The number of nitriles is 1. The molecule has 1 aliphatic carbocycles. The number of methoxy groups -OCH3 is 1. The third-order valence-electron chi connectivity index (χ3n) is 9.82. The number of rotatable bonds is 10. The minimum Gasteiger partial charge on any atom is -0.463 e. The second-order valence-electron chi connectivity index (χ2n) is 13.6. The molecular weight excluding hydrogens is 640 g/mol. The number of halogens is 3. The Labute approximate surface area is 285 Å². The van der Waals surface area contributed by atoms with Gasteiger partial charge in [0.2, 0.25) is 0 Å². The minimum absolute atomic E-state index is 0.0749. The molecule has 1 saturated carbocycles. The number of alkyl halides is 1. The van der Waals surface area contributed by atoms with Gasteiger partial charge < -0.3 is 29.1 Å². The van der Waals surface area contributed by atoms with Crippen LogP contribution in [0, 0.1) is 22.6 Å². The molecule has 3 aliphatic rings. The first-order valence-corrected chi connectivity index (χ1v) is 16.8. The van der Waals surface area contributed by atoms with Gasteiger partial charge in [-0.15, -0.1) is 0 Å². The smallest absolute Gasteiger partial charge is 0.318 e. The molecule has 1 unspecified atom stereocenters. The number of fused-ring (bicyclic) bond motifs is 2. The number of carbonyl (C=O) groups is 1. The van der Waals surface area contributed by atoms with Crippen LogP contribution in [0.4, 0.5) is 20.3 Å². The van der Waals surface area contributed by atoms with Crippen LogP contribution in [-0.4, -0.2) is 105 Å². The van der Waals surface area contributed by atoms with Crippen LogP contribution in [0.3, 0.4) is 0 Å². The standard InChI is InChI=1S/C35H42ClF2N7O3/c1-22(37)33(46)45-15-14-44(18-24(45)10-12-39)32-26-11-13-43(29-7-5-6-23-8-9-27(38)31(36)30(23)29)19-28(26)40-34(41-32)48-21-35(20-42(2)3)16-25(17-35)47-4/h5-9,22,24-25H,10-11,13-21H2,1-4H3/t22?,24-,25?,35?/m0/s1. The van der Waals surface area contributed by atoms with Crippen molar-refractivity contribution in [2.45, 2.75) is 57.5 Å². The topological polar surface area (TPSA) is 98.1 Å². The minimum atomic E-state index is -1.65. The Kier molecular flexibility index (Phi) is 9.93. The Hall–Kier alpha value is -3.79. The summed E-state index contributed by atoms with van der Waals surface area (Å²) in [6, 6.07) is 10.8. The maximum atomic E-state index is 14.6. The molecule has 0 radical (unpaired) electrons. The highest BCUT2D eigenvalue weighted by molar-refractivity contribution is 6.36. The number of amides is 1. The summed E-state index contributed by atoms with van der Waals surface area (Å²) in [6.07, 6.45) is 0.936. The van der Waals surface area contributed by atoms with Crippen LogP contribution in [0.15, 0.2) is 30.3 Å². The summed E-state index contributed by atoms with van der Waals surface area (Å²) in [7, 11) is 5.82. The van der Waals surface area contributed by atoms with E-state index >= 15 is 0 Å². The van der Waals surface area contributed by atoms with Gasteiger partial charge in [0, 0.05) is 61.9 Å². The summed E-state index contributed by atoms with van der Waals surface area (Å²) in [5.74, 6) is -0.380. The van der Waals surface area contributed by atoms with Gasteiger partial charge in [-0.1, -0.05) is 29.8 Å². The summed E-state index contributed by atoms with van der Waals surface area (Å²) in [4.78, 5) is 30.4. The van der Waals surface area contributed by atoms with Crippen LogP contribution in [0.25, 0.3) is 10.8 Å². The first-order valence-electron chi connectivity index (χ1n) is 16.4. The Bertz CT molecular complexity index is 1710. The van der Waals surface area contributed by atoms with E-state index in [2.05, 4.69) is 20.8 Å². The summed E-state index contributed by atoms with van der Waals surface area (Å²) in [6.45, 7) is 4.52. The van der Waals surface area contributed by atoms with E-state index in [1.807, 2.05) is 32.3 Å². The molecule has 13 heteroatoms. The number of hydrogen-bond donors (Lipinski definition) is 0. The predicted octanol–water partition coefficient (Wildman–Crippen LogP) is 5.01. The van der Waals surface area contributed by atoms with Gasteiger partial charge in [0.25, 0.3) is 5.91 Å². The molecule has 1 saturated heterocycles. The van der Waals surface area contributed by atoms with Gasteiger partial charge in [-0.2, -0.15) is 15.2 Å². The lowest BCUT2D eigenvalue weighted by molar-refractivity contribution is -0.138. The molecule has 2 aromatic carbocycles. The molecule has 256 valence electrons. The van der Waals surface area contributed by atoms with Crippen molar-refractivity contribution >= 4 is 39.8 Å². The first-order chi connectivity index (χ1) is 23.0. The molecule has 1 amide bonds. The van der Waals surface area contributed by atoms with Crippen molar-refractivity contribution in [3.63, 3.8) is 0 Å². The van der Waals surface area contributed by atoms with Crippen molar-refractivity contribution in [3.05, 3.63) is 52.4 Å². The molecule has 0 spiro atoms. The molecule has 3 heterocycles. The van der Waals surface area contributed by atoms with E-state index in [0.717, 1.165) is 41.7 Å². The van der Waals surface area contributed by atoms with Crippen LogP contribution in [0.1, 0.15) is 37.4 Å². The quantitative estimate of drug-likeness (QED) is 0.293. The lowest BCUT2D eigenvalue weighted by Gasteiger charge is -2.47. The number of piperazine rings is 1. The highest BCUT2D eigenvalue weighted by Crippen LogP contribution is 2.44. The molecule has 10 nitrogen and oxygen atoms in total. The second-order valence-corrected chi connectivity index (χ2v) is 13.9. The fourth-order valence-electron chi connectivity index (χ4n) is 7.58. The Morgan fingerprint density at radius 2 is 1.98 bits per heavy atom. The van der Waals surface area contributed by atoms with E-state index in [0.29, 0.717) is 50.4 Å². The molecule has 2 fully saturated rings. The van der Waals surface area contributed by atoms with Gasteiger partial charge in [0.1, 0.15) is 11.6 Å². The molecule has 2 aliphatic heterocycles. The number of anilines is 2. The molecule has 1 aromatic heterocycles. The van der Waals surface area contributed by atoms with Crippen molar-refractivity contribution in [1.29, 1.82) is 5.26 Å². The lowest BCUT2D eigenvalue weighted by Crippen LogP contribution is -2.57. The van der Waals surface area contributed by atoms with Crippen molar-refractivity contribution in [1.82, 2.24) is 19.8 Å². The summed E-state index contributed by atoms with van der Waals surface area (Å²) in [5, 5.41) is 11.2. The zero-order chi connectivity index (χ0) is 34.2. The van der Waals surface area contributed by atoms with Crippen LogP contribution >= 0.6 is 11.6 Å². The van der Waals surface area contributed by atoms with E-state index in [-0.39, 0.29) is 35.5 Å². The van der Waals surface area contributed by atoms with Gasteiger partial charge in [-0.05, 0) is 57.8 Å². The van der Waals surface area contributed by atoms with Gasteiger partial charge in [-0.25, -0.2) is 8.78 Å². The Morgan fingerprint density at radius 1 is 1.19 bits per heavy atom. The Morgan fingerprint density at radius 3 is 2.69 bits per heavy atom. The highest BCUT2D eigenvalue weighted by Gasteiger charge is 2.46. The largest absolute Gasteiger partial charge is 0.463 e. The van der Waals surface area contributed by atoms with E-state index in [9.17, 15) is 18.8 Å². The highest BCUT2D eigenvalue weighted by atomic mass is 35.5. The number of aromatic nitrogens is 2. The van der Waals surface area contributed by atoms with Crippen LogP contribution in [0.2, 0.25) is 5.02 Å². The van der Waals surface area contributed by atoms with Crippen LogP contribution < -0.4 is 14.5 Å². The maximum absolute atomic E-state index is 14.6. The van der Waals surface area contributed by atoms with E-state index in [4.69, 9.17) is 31.0 Å². The fourth-order valence-corrected chi connectivity index (χ4v) is 7.84. The first kappa shape index (κ1) is 34.1. The average Bonchev–Trinajstić information content (AvgIpc) is 3.06. The summed E-state index contributed by atoms with van der Waals surface area (Å²) < 4.78 is 40.7. The number of ether oxygens (including phenoxy) is 2. The maximum Gasteiger partial charge on any atom is 0.318 e. The van der Waals surface area contributed by atoms with Crippen molar-refractivity contribution in [2.24, 2.45) is 5.41 Å². The zero-order valence-electron chi connectivity index (χ0n) is 27.9. The summed E-state index contributed by atoms with van der Waals surface area (Å²) >= 11 is 6.51. The number of nitrogens with zero attached hydrogens (tertiary/aromatic N) is 7. The normalized spacial score (nSPS) is 23.1. The fraction of sp³-hybridized carbons (Fsp3) is 0.543. The van der Waals surface area contributed by atoms with E-state index in [1.54, 1.807) is 13.2 Å². The molecule has 6 rings (SSSR count). The molecule has 2 atom stereocenters. The second kappa shape index (κ2) is 14.0. The lowest BCUT2D eigenvalue weighted by atomic mass is 9.67. The van der Waals surface area contributed by atoms with Gasteiger partial charge in [-0.3, -0.25) is 4.79 Å². The van der Waals surface area contributed by atoms with Gasteiger partial charge in [0.05, 0.1) is 48.5 Å². The molecule has 0 N–H and O–H groups in total. The number of hydrogen-bond acceptors (Lipinski definition) is 9. The number of benzene rings is 2. The molecular formula is C35H42ClF2N7O3.